The molecule has 0 aliphatic carbocycles. The van der Waals surface area contributed by atoms with E-state index in [1.165, 1.54) is 5.56 Å². The van der Waals surface area contributed by atoms with E-state index in [4.69, 9.17) is 9.73 Å². The van der Waals surface area contributed by atoms with Gasteiger partial charge in [-0.05, 0) is 42.1 Å². The van der Waals surface area contributed by atoms with Crippen LogP contribution < -0.4 is 0 Å². The van der Waals surface area contributed by atoms with E-state index in [-0.39, 0.29) is 5.54 Å². The fourth-order valence-electron chi connectivity index (χ4n) is 1.90. The lowest BCUT2D eigenvalue weighted by Gasteiger charge is -2.19. The van der Waals surface area contributed by atoms with Crippen LogP contribution in [-0.2, 0) is 11.3 Å². The molecule has 1 aliphatic heterocycles. The lowest BCUT2D eigenvalue weighted by Crippen LogP contribution is -2.22. The molecule has 0 radical (unpaired) electrons. The molecule has 0 spiro atoms. The van der Waals surface area contributed by atoms with Gasteiger partial charge in [-0.2, -0.15) is 11.8 Å². The van der Waals surface area contributed by atoms with E-state index in [0.29, 0.717) is 6.61 Å². The van der Waals surface area contributed by atoms with Crippen molar-refractivity contribution in [2.24, 2.45) is 4.99 Å². The van der Waals surface area contributed by atoms with Crippen LogP contribution in [0.2, 0.25) is 0 Å². The number of rotatable bonds is 3. The zero-order valence-corrected chi connectivity index (χ0v) is 12.7. The average molecular weight is 314 g/mol. The monoisotopic (exact) mass is 313 g/mol. The van der Waals surface area contributed by atoms with E-state index in [2.05, 4.69) is 42.1 Å². The molecule has 1 aromatic carbocycles. The Kier molecular flexibility index (Phi) is 3.83. The smallest absolute Gasteiger partial charge is 0.218 e. The molecule has 0 saturated carbocycles. The molecule has 2 nitrogen and oxygen atoms in total. The van der Waals surface area contributed by atoms with Gasteiger partial charge in [-0.3, -0.25) is 0 Å². The lowest BCUT2D eigenvalue weighted by molar-refractivity contribution is 0.307. The first-order chi connectivity index (χ1) is 8.03. The minimum Gasteiger partial charge on any atom is -0.473 e. The van der Waals surface area contributed by atoms with Crippen molar-refractivity contribution in [2.75, 3.05) is 12.0 Å². The number of hydrogen-bond acceptors (Lipinski definition) is 3. The molecular weight excluding hydrogens is 298 g/mol. The lowest BCUT2D eigenvalue weighted by atomic mass is 10.1. The van der Waals surface area contributed by atoms with Crippen molar-refractivity contribution in [3.63, 3.8) is 0 Å². The number of ether oxygens (including phenoxy) is 1. The summed E-state index contributed by atoms with van der Waals surface area (Å²) < 4.78 is 6.76. The van der Waals surface area contributed by atoms with Crippen LogP contribution in [0, 0.1) is 0 Å². The fourth-order valence-corrected chi connectivity index (χ4v) is 3.24. The molecule has 0 aromatic heterocycles. The molecule has 1 heterocycles. The van der Waals surface area contributed by atoms with Crippen molar-refractivity contribution in [2.45, 2.75) is 26.0 Å². The van der Waals surface area contributed by atoms with Gasteiger partial charge in [-0.1, -0.05) is 12.1 Å². The zero-order valence-electron chi connectivity index (χ0n) is 10.3. The highest BCUT2D eigenvalue weighted by Crippen LogP contribution is 2.29. The summed E-state index contributed by atoms with van der Waals surface area (Å²) in [4.78, 5) is 4.74. The summed E-state index contributed by atoms with van der Waals surface area (Å²) >= 11 is 5.37. The Morgan fingerprint density at radius 2 is 2.24 bits per heavy atom. The van der Waals surface area contributed by atoms with Gasteiger partial charge in [0.2, 0.25) is 5.90 Å². The van der Waals surface area contributed by atoms with Crippen LogP contribution in [-0.4, -0.2) is 23.4 Å². The van der Waals surface area contributed by atoms with Crippen molar-refractivity contribution in [3.05, 3.63) is 33.8 Å². The second kappa shape index (κ2) is 5.02. The third kappa shape index (κ3) is 2.86. The van der Waals surface area contributed by atoms with E-state index in [0.717, 1.165) is 21.7 Å². The standard InChI is InChI=1S/C13H16BrNOS/c1-13(2,8-17-3)15-12-11-9(7-16-12)5-4-6-10(11)14/h4-6H,7-8H2,1-3H3. The zero-order chi connectivity index (χ0) is 12.5. The number of nitrogens with zero attached hydrogens (tertiary/aromatic N) is 1. The van der Waals surface area contributed by atoms with Gasteiger partial charge in [0, 0.05) is 15.8 Å². The van der Waals surface area contributed by atoms with Gasteiger partial charge in [0.1, 0.15) is 6.61 Å². The molecule has 0 atom stereocenters. The maximum Gasteiger partial charge on any atom is 0.218 e. The Hall–Kier alpha value is -0.480. The Balaban J connectivity index is 2.36. The molecule has 4 heteroatoms. The molecule has 1 aromatic rings. The van der Waals surface area contributed by atoms with Gasteiger partial charge in [-0.15, -0.1) is 0 Å². The van der Waals surface area contributed by atoms with Gasteiger partial charge in [-0.25, -0.2) is 4.99 Å². The molecule has 1 aliphatic rings. The Bertz CT molecular complexity index is 457. The predicted molar refractivity (Wildman–Crippen MR) is 77.9 cm³/mol. The third-order valence-corrected chi connectivity index (χ3v) is 4.24. The van der Waals surface area contributed by atoms with Crippen LogP contribution >= 0.6 is 27.7 Å². The van der Waals surface area contributed by atoms with Gasteiger partial charge < -0.3 is 4.74 Å². The number of halogens is 1. The third-order valence-electron chi connectivity index (χ3n) is 2.58. The summed E-state index contributed by atoms with van der Waals surface area (Å²) in [7, 11) is 0. The highest BCUT2D eigenvalue weighted by molar-refractivity contribution is 9.10. The number of aliphatic imine (C=N–C) groups is 1. The molecule has 17 heavy (non-hydrogen) atoms. The molecule has 92 valence electrons. The van der Waals surface area contributed by atoms with Crippen LogP contribution in [0.1, 0.15) is 25.0 Å². The molecule has 2 rings (SSSR count). The normalized spacial score (nSPS) is 17.1. The van der Waals surface area contributed by atoms with Crippen molar-refractivity contribution < 1.29 is 4.74 Å². The molecule has 0 unspecified atom stereocenters. The summed E-state index contributed by atoms with van der Waals surface area (Å²) in [6, 6.07) is 6.15. The summed E-state index contributed by atoms with van der Waals surface area (Å²) in [6.45, 7) is 4.90. The fraction of sp³-hybridized carbons (Fsp3) is 0.462. The SMILES string of the molecule is CSCC(C)(C)N=C1OCc2cccc(Br)c21. The first kappa shape index (κ1) is 13.0. The van der Waals surface area contributed by atoms with Crippen LogP contribution in [0.25, 0.3) is 0 Å². The van der Waals surface area contributed by atoms with E-state index in [9.17, 15) is 0 Å². The number of benzene rings is 1. The van der Waals surface area contributed by atoms with E-state index in [1.54, 1.807) is 11.8 Å². The van der Waals surface area contributed by atoms with E-state index in [1.807, 2.05) is 12.1 Å². The number of hydrogen-bond donors (Lipinski definition) is 0. The topological polar surface area (TPSA) is 21.6 Å². The number of thioether (sulfide) groups is 1. The quantitative estimate of drug-likeness (QED) is 0.845. The van der Waals surface area contributed by atoms with Crippen molar-refractivity contribution in [1.29, 1.82) is 0 Å². The molecule has 0 N–H and O–H groups in total. The van der Waals surface area contributed by atoms with Crippen molar-refractivity contribution >= 4 is 33.6 Å². The molecule has 0 amide bonds. The second-order valence-corrected chi connectivity index (χ2v) is 6.45. The highest BCUT2D eigenvalue weighted by atomic mass is 79.9. The first-order valence-electron chi connectivity index (χ1n) is 5.53. The maximum atomic E-state index is 5.70. The summed E-state index contributed by atoms with van der Waals surface area (Å²) in [6.07, 6.45) is 2.10. The highest BCUT2D eigenvalue weighted by Gasteiger charge is 2.25. The van der Waals surface area contributed by atoms with Gasteiger partial charge >= 0.3 is 0 Å². The average Bonchev–Trinajstić information content (AvgIpc) is 2.62. The minimum atomic E-state index is -0.0916. The molecular formula is C13H16BrNOS. The van der Waals surface area contributed by atoms with E-state index >= 15 is 0 Å². The van der Waals surface area contributed by atoms with Gasteiger partial charge in [0.25, 0.3) is 0 Å². The largest absolute Gasteiger partial charge is 0.473 e. The first-order valence-corrected chi connectivity index (χ1v) is 7.71. The number of fused-ring (bicyclic) bond motifs is 1. The maximum absolute atomic E-state index is 5.70. The van der Waals surface area contributed by atoms with Crippen LogP contribution in [0.4, 0.5) is 0 Å². The summed E-state index contributed by atoms with van der Waals surface area (Å²) in [5.41, 5.74) is 2.23. The van der Waals surface area contributed by atoms with Crippen LogP contribution in [0.15, 0.2) is 27.7 Å². The molecule has 0 bridgehead atoms. The van der Waals surface area contributed by atoms with Gasteiger partial charge in [0.05, 0.1) is 11.1 Å². The molecule has 0 fully saturated rings. The second-order valence-electron chi connectivity index (χ2n) is 4.73. The van der Waals surface area contributed by atoms with Crippen molar-refractivity contribution in [3.8, 4) is 0 Å². The summed E-state index contributed by atoms with van der Waals surface area (Å²) in [5.74, 6) is 1.76. The van der Waals surface area contributed by atoms with Gasteiger partial charge in [0.15, 0.2) is 0 Å². The van der Waals surface area contributed by atoms with Crippen LogP contribution in [0.5, 0.6) is 0 Å². The predicted octanol–water partition coefficient (Wildman–Crippen LogP) is 3.87. The van der Waals surface area contributed by atoms with E-state index < -0.39 is 0 Å². The summed E-state index contributed by atoms with van der Waals surface area (Å²) in [5, 5.41) is 0. The van der Waals surface area contributed by atoms with Crippen molar-refractivity contribution in [1.82, 2.24) is 0 Å². The Labute approximate surface area is 115 Å². The Morgan fingerprint density at radius 3 is 2.94 bits per heavy atom. The Morgan fingerprint density at radius 1 is 1.47 bits per heavy atom. The van der Waals surface area contributed by atoms with Crippen LogP contribution in [0.3, 0.4) is 0 Å². The molecule has 0 saturated heterocycles. The minimum absolute atomic E-state index is 0.0916.